The molecule has 1 aromatic carbocycles. The molecule has 1 aromatic rings. The van der Waals surface area contributed by atoms with E-state index in [9.17, 15) is 9.90 Å². The number of halogens is 1. The number of amides is 1. The van der Waals surface area contributed by atoms with E-state index in [-0.39, 0.29) is 18.5 Å². The second kappa shape index (κ2) is 6.43. The Labute approximate surface area is 115 Å². The summed E-state index contributed by atoms with van der Waals surface area (Å²) in [4.78, 5) is 11.7. The molecular weight excluding hydrogens is 272 g/mol. The van der Waals surface area contributed by atoms with Crippen molar-refractivity contribution in [1.29, 1.82) is 0 Å². The van der Waals surface area contributed by atoms with Crippen LogP contribution in [-0.4, -0.2) is 35.2 Å². The van der Waals surface area contributed by atoms with Gasteiger partial charge in [0.05, 0.1) is 12.1 Å². The first-order valence-electron chi connectivity index (χ1n) is 5.70. The highest BCUT2D eigenvalue weighted by atomic mass is 35.5. The van der Waals surface area contributed by atoms with E-state index in [2.05, 4.69) is 10.6 Å². The SMILES string of the molecule is O=C(NC[C@H](O)c1ccccc1Cl)[C@H]1CSCN1. The first kappa shape index (κ1) is 13.7. The lowest BCUT2D eigenvalue weighted by Gasteiger charge is -2.15. The molecular formula is C12H15ClN2O2S. The zero-order valence-corrected chi connectivity index (χ0v) is 11.3. The fourth-order valence-electron chi connectivity index (χ4n) is 1.74. The summed E-state index contributed by atoms with van der Waals surface area (Å²) in [6, 6.07) is 6.92. The number of hydrogen-bond acceptors (Lipinski definition) is 4. The number of nitrogens with one attached hydrogen (secondary N) is 2. The van der Waals surface area contributed by atoms with E-state index in [0.717, 1.165) is 11.6 Å². The van der Waals surface area contributed by atoms with Crippen LogP contribution in [0.25, 0.3) is 0 Å². The smallest absolute Gasteiger partial charge is 0.238 e. The van der Waals surface area contributed by atoms with Gasteiger partial charge in [0.1, 0.15) is 0 Å². The highest BCUT2D eigenvalue weighted by molar-refractivity contribution is 7.99. The lowest BCUT2D eigenvalue weighted by Crippen LogP contribution is -2.43. The Balaban J connectivity index is 1.86. The molecule has 0 saturated carbocycles. The summed E-state index contributed by atoms with van der Waals surface area (Å²) in [7, 11) is 0. The van der Waals surface area contributed by atoms with Crippen LogP contribution >= 0.6 is 23.4 Å². The number of hydrogen-bond donors (Lipinski definition) is 3. The minimum Gasteiger partial charge on any atom is -0.387 e. The third-order valence-electron chi connectivity index (χ3n) is 2.77. The van der Waals surface area contributed by atoms with E-state index >= 15 is 0 Å². The molecule has 1 aliphatic rings. The molecule has 0 aliphatic carbocycles. The average molecular weight is 287 g/mol. The van der Waals surface area contributed by atoms with Crippen molar-refractivity contribution >= 4 is 29.3 Å². The maximum absolute atomic E-state index is 11.7. The van der Waals surface area contributed by atoms with Crippen LogP contribution in [0.3, 0.4) is 0 Å². The molecule has 0 spiro atoms. The molecule has 0 unspecified atom stereocenters. The van der Waals surface area contributed by atoms with Gasteiger partial charge in [-0.1, -0.05) is 29.8 Å². The van der Waals surface area contributed by atoms with E-state index in [1.807, 2.05) is 0 Å². The van der Waals surface area contributed by atoms with Gasteiger partial charge in [0, 0.05) is 28.8 Å². The Kier molecular flexibility index (Phi) is 4.88. The van der Waals surface area contributed by atoms with Gasteiger partial charge in [-0.3, -0.25) is 10.1 Å². The van der Waals surface area contributed by atoms with Crippen LogP contribution < -0.4 is 10.6 Å². The summed E-state index contributed by atoms with van der Waals surface area (Å²) in [6.45, 7) is 0.172. The fraction of sp³-hybridized carbons (Fsp3) is 0.417. The zero-order valence-electron chi connectivity index (χ0n) is 9.73. The number of benzene rings is 1. The van der Waals surface area contributed by atoms with Gasteiger partial charge in [-0.2, -0.15) is 0 Å². The summed E-state index contributed by atoms with van der Waals surface area (Å²) in [5.41, 5.74) is 0.633. The lowest BCUT2D eigenvalue weighted by molar-refractivity contribution is -0.122. The summed E-state index contributed by atoms with van der Waals surface area (Å²) in [5.74, 6) is 1.49. The number of thioether (sulfide) groups is 1. The van der Waals surface area contributed by atoms with Crippen molar-refractivity contribution in [2.75, 3.05) is 18.2 Å². The monoisotopic (exact) mass is 286 g/mol. The van der Waals surface area contributed by atoms with E-state index < -0.39 is 6.10 Å². The Morgan fingerprint density at radius 2 is 2.39 bits per heavy atom. The van der Waals surface area contributed by atoms with Gasteiger partial charge in [0.15, 0.2) is 0 Å². The third-order valence-corrected chi connectivity index (χ3v) is 4.05. The summed E-state index contributed by atoms with van der Waals surface area (Å²) < 4.78 is 0. The zero-order chi connectivity index (χ0) is 13.0. The summed E-state index contributed by atoms with van der Waals surface area (Å²) in [6.07, 6.45) is -0.781. The molecule has 2 rings (SSSR count). The number of rotatable bonds is 4. The molecule has 1 amide bonds. The van der Waals surface area contributed by atoms with E-state index in [1.54, 1.807) is 36.0 Å². The maximum atomic E-state index is 11.7. The Morgan fingerprint density at radius 1 is 1.61 bits per heavy atom. The van der Waals surface area contributed by atoms with Crippen LogP contribution in [0.1, 0.15) is 11.7 Å². The molecule has 1 fully saturated rings. The Hall–Kier alpha value is -0.750. The molecule has 4 nitrogen and oxygen atoms in total. The van der Waals surface area contributed by atoms with Crippen LogP contribution in [0.4, 0.5) is 0 Å². The average Bonchev–Trinajstić information content (AvgIpc) is 2.90. The van der Waals surface area contributed by atoms with Crippen LogP contribution in [0.5, 0.6) is 0 Å². The fourth-order valence-corrected chi connectivity index (χ4v) is 2.94. The number of aliphatic hydroxyl groups excluding tert-OH is 1. The molecule has 18 heavy (non-hydrogen) atoms. The quantitative estimate of drug-likeness (QED) is 0.777. The van der Waals surface area contributed by atoms with Gasteiger partial charge in [0.2, 0.25) is 5.91 Å². The van der Waals surface area contributed by atoms with Gasteiger partial charge in [-0.05, 0) is 6.07 Å². The van der Waals surface area contributed by atoms with E-state index in [1.165, 1.54) is 0 Å². The van der Waals surface area contributed by atoms with Crippen molar-refractivity contribution in [3.8, 4) is 0 Å². The topological polar surface area (TPSA) is 61.4 Å². The van der Waals surface area contributed by atoms with Crippen LogP contribution in [0.15, 0.2) is 24.3 Å². The molecule has 2 atom stereocenters. The predicted molar refractivity (Wildman–Crippen MR) is 73.7 cm³/mol. The second-order valence-electron chi connectivity index (χ2n) is 4.05. The van der Waals surface area contributed by atoms with Crippen LogP contribution in [-0.2, 0) is 4.79 Å². The standard InChI is InChI=1S/C12H15ClN2O2S/c13-9-4-2-1-3-8(9)11(16)5-14-12(17)10-6-18-7-15-10/h1-4,10-11,15-16H,5-7H2,(H,14,17)/t10-,11+/m1/s1. The number of carbonyl (C=O) groups excluding carboxylic acids is 1. The largest absolute Gasteiger partial charge is 0.387 e. The van der Waals surface area contributed by atoms with Crippen molar-refractivity contribution in [2.24, 2.45) is 0 Å². The van der Waals surface area contributed by atoms with Gasteiger partial charge >= 0.3 is 0 Å². The second-order valence-corrected chi connectivity index (χ2v) is 5.49. The first-order chi connectivity index (χ1) is 8.68. The third kappa shape index (κ3) is 3.38. The van der Waals surface area contributed by atoms with Crippen molar-refractivity contribution in [3.05, 3.63) is 34.9 Å². The Bertz CT molecular complexity index is 424. The molecule has 6 heteroatoms. The molecule has 3 N–H and O–H groups in total. The Morgan fingerprint density at radius 3 is 3.06 bits per heavy atom. The van der Waals surface area contributed by atoms with E-state index in [4.69, 9.17) is 11.6 Å². The first-order valence-corrected chi connectivity index (χ1v) is 7.23. The van der Waals surface area contributed by atoms with Gasteiger partial charge in [0.25, 0.3) is 0 Å². The van der Waals surface area contributed by atoms with E-state index in [0.29, 0.717) is 10.6 Å². The minimum atomic E-state index is -0.781. The minimum absolute atomic E-state index is 0.0777. The lowest BCUT2D eigenvalue weighted by atomic mass is 10.1. The van der Waals surface area contributed by atoms with Gasteiger partial charge in [-0.15, -0.1) is 11.8 Å². The van der Waals surface area contributed by atoms with Crippen LogP contribution in [0, 0.1) is 0 Å². The van der Waals surface area contributed by atoms with Gasteiger partial charge < -0.3 is 10.4 Å². The molecule has 98 valence electrons. The highest BCUT2D eigenvalue weighted by Crippen LogP contribution is 2.21. The molecule has 0 aromatic heterocycles. The maximum Gasteiger partial charge on any atom is 0.238 e. The summed E-state index contributed by atoms with van der Waals surface area (Å²) >= 11 is 7.66. The van der Waals surface area contributed by atoms with Crippen molar-refractivity contribution in [3.63, 3.8) is 0 Å². The number of aliphatic hydroxyl groups is 1. The molecule has 0 bridgehead atoms. The van der Waals surface area contributed by atoms with Gasteiger partial charge in [-0.25, -0.2) is 0 Å². The van der Waals surface area contributed by atoms with Crippen molar-refractivity contribution < 1.29 is 9.90 Å². The molecule has 1 aliphatic heterocycles. The number of carbonyl (C=O) groups is 1. The molecule has 1 heterocycles. The molecule has 1 saturated heterocycles. The van der Waals surface area contributed by atoms with Crippen molar-refractivity contribution in [1.82, 2.24) is 10.6 Å². The summed E-state index contributed by atoms with van der Waals surface area (Å²) in [5, 5.41) is 16.3. The highest BCUT2D eigenvalue weighted by Gasteiger charge is 2.23. The molecule has 0 radical (unpaired) electrons. The normalized spacial score (nSPS) is 20.7. The predicted octanol–water partition coefficient (Wildman–Crippen LogP) is 1.15. The van der Waals surface area contributed by atoms with Crippen molar-refractivity contribution in [2.45, 2.75) is 12.1 Å². The van der Waals surface area contributed by atoms with Crippen LogP contribution in [0.2, 0.25) is 5.02 Å².